The molecule has 0 saturated carbocycles. The molecule has 6 heteroatoms. The van der Waals surface area contributed by atoms with Crippen LogP contribution >= 0.6 is 0 Å². The Labute approximate surface area is 200 Å². The van der Waals surface area contributed by atoms with E-state index in [0.717, 1.165) is 24.0 Å². The van der Waals surface area contributed by atoms with Crippen LogP contribution in [0.15, 0.2) is 78.9 Å². The van der Waals surface area contributed by atoms with Gasteiger partial charge in [-0.25, -0.2) is 0 Å². The van der Waals surface area contributed by atoms with E-state index in [4.69, 9.17) is 0 Å². The van der Waals surface area contributed by atoms with E-state index in [1.54, 1.807) is 35.2 Å². The molecule has 0 aromatic heterocycles. The fourth-order valence-electron chi connectivity index (χ4n) is 4.26. The Morgan fingerprint density at radius 3 is 2.47 bits per heavy atom. The fraction of sp³-hybridized carbons (Fsp3) is 0.250. The number of nitrogens with zero attached hydrogens (tertiary/aromatic N) is 1. The first-order valence-electron chi connectivity index (χ1n) is 11.6. The summed E-state index contributed by atoms with van der Waals surface area (Å²) in [4.78, 5) is 40.3. The van der Waals surface area contributed by atoms with Gasteiger partial charge in [0.15, 0.2) is 0 Å². The average molecular weight is 456 g/mol. The van der Waals surface area contributed by atoms with Crippen molar-refractivity contribution < 1.29 is 14.4 Å². The van der Waals surface area contributed by atoms with Gasteiger partial charge in [-0.05, 0) is 62.1 Å². The summed E-state index contributed by atoms with van der Waals surface area (Å²) in [6.45, 7) is 3.00. The maximum absolute atomic E-state index is 13.2. The Hall–Kier alpha value is -3.93. The quantitative estimate of drug-likeness (QED) is 0.560. The van der Waals surface area contributed by atoms with Crippen molar-refractivity contribution in [1.29, 1.82) is 0 Å². The minimum Gasteiger partial charge on any atom is -0.354 e. The predicted octanol–water partition coefficient (Wildman–Crippen LogP) is 4.21. The minimum atomic E-state index is -0.478. The van der Waals surface area contributed by atoms with Crippen molar-refractivity contribution in [2.24, 2.45) is 0 Å². The van der Waals surface area contributed by atoms with Crippen molar-refractivity contribution in [3.63, 3.8) is 0 Å². The smallest absolute Gasteiger partial charge is 0.255 e. The zero-order valence-electron chi connectivity index (χ0n) is 19.3. The van der Waals surface area contributed by atoms with Crippen molar-refractivity contribution in [2.75, 3.05) is 18.4 Å². The second kappa shape index (κ2) is 10.8. The number of aryl methyl sites for hydroxylation is 1. The molecular weight excluding hydrogens is 426 g/mol. The number of hydrogen-bond acceptors (Lipinski definition) is 3. The maximum atomic E-state index is 13.2. The summed E-state index contributed by atoms with van der Waals surface area (Å²) in [5.41, 5.74) is 3.71. The number of carbonyl (C=O) groups is 3. The monoisotopic (exact) mass is 455 g/mol. The Bertz CT molecular complexity index is 1180. The van der Waals surface area contributed by atoms with E-state index in [1.165, 1.54) is 0 Å². The highest BCUT2D eigenvalue weighted by atomic mass is 16.2. The minimum absolute atomic E-state index is 0.120. The molecule has 3 amide bonds. The summed E-state index contributed by atoms with van der Waals surface area (Å²) in [5.74, 6) is -0.553. The highest BCUT2D eigenvalue weighted by molar-refractivity contribution is 6.05. The molecule has 1 aliphatic heterocycles. The molecule has 0 aliphatic carbocycles. The standard InChI is InChI=1S/C28H29N3O3/c1-20-8-5-11-22(18-20)26(32)30-24-13-6-12-23(19-24)28(34)31-17-7-14-25(31)27(33)29-16-15-21-9-3-2-4-10-21/h2-6,8-13,18-19,25H,7,14-17H2,1H3,(H,29,33)(H,30,32). The number of nitrogens with one attached hydrogen (secondary N) is 2. The summed E-state index contributed by atoms with van der Waals surface area (Å²) in [6, 6.07) is 23.7. The molecule has 1 atom stereocenters. The van der Waals surface area contributed by atoms with Gasteiger partial charge in [0, 0.05) is 29.9 Å². The third-order valence-corrected chi connectivity index (χ3v) is 6.02. The van der Waals surface area contributed by atoms with Crippen LogP contribution < -0.4 is 10.6 Å². The van der Waals surface area contributed by atoms with Crippen LogP contribution in [0.3, 0.4) is 0 Å². The van der Waals surface area contributed by atoms with Gasteiger partial charge in [-0.2, -0.15) is 0 Å². The molecule has 3 aromatic rings. The lowest BCUT2D eigenvalue weighted by Gasteiger charge is -2.24. The lowest BCUT2D eigenvalue weighted by atomic mass is 10.1. The van der Waals surface area contributed by atoms with Gasteiger partial charge in [0.25, 0.3) is 11.8 Å². The molecule has 2 N–H and O–H groups in total. The van der Waals surface area contributed by atoms with Crippen LogP contribution in [0.25, 0.3) is 0 Å². The summed E-state index contributed by atoms with van der Waals surface area (Å²) < 4.78 is 0. The first-order valence-corrected chi connectivity index (χ1v) is 11.6. The molecule has 1 saturated heterocycles. The second-order valence-corrected chi connectivity index (χ2v) is 8.59. The van der Waals surface area contributed by atoms with Crippen molar-refractivity contribution in [1.82, 2.24) is 10.2 Å². The highest BCUT2D eigenvalue weighted by Gasteiger charge is 2.34. The number of anilines is 1. The van der Waals surface area contributed by atoms with Crippen LogP contribution in [0.4, 0.5) is 5.69 Å². The molecule has 1 heterocycles. The molecule has 1 fully saturated rings. The van der Waals surface area contributed by atoms with Gasteiger partial charge in [-0.1, -0.05) is 54.1 Å². The van der Waals surface area contributed by atoms with Crippen molar-refractivity contribution >= 4 is 23.4 Å². The number of carbonyl (C=O) groups excluding carboxylic acids is 3. The van der Waals surface area contributed by atoms with E-state index in [-0.39, 0.29) is 17.7 Å². The summed E-state index contributed by atoms with van der Waals surface area (Å²) in [7, 11) is 0. The van der Waals surface area contributed by atoms with Crippen LogP contribution in [-0.2, 0) is 11.2 Å². The van der Waals surface area contributed by atoms with Crippen molar-refractivity contribution in [3.8, 4) is 0 Å². The van der Waals surface area contributed by atoms with Gasteiger partial charge in [-0.3, -0.25) is 14.4 Å². The lowest BCUT2D eigenvalue weighted by Crippen LogP contribution is -2.46. The highest BCUT2D eigenvalue weighted by Crippen LogP contribution is 2.22. The average Bonchev–Trinajstić information content (AvgIpc) is 3.34. The number of rotatable bonds is 7. The summed E-state index contributed by atoms with van der Waals surface area (Å²) in [5, 5.41) is 5.84. The molecule has 34 heavy (non-hydrogen) atoms. The van der Waals surface area contributed by atoms with Gasteiger partial charge in [0.1, 0.15) is 6.04 Å². The topological polar surface area (TPSA) is 78.5 Å². The largest absolute Gasteiger partial charge is 0.354 e. The molecule has 174 valence electrons. The first kappa shape index (κ1) is 23.2. The molecule has 0 radical (unpaired) electrons. The Balaban J connectivity index is 1.38. The Morgan fingerprint density at radius 2 is 1.68 bits per heavy atom. The van der Waals surface area contributed by atoms with Crippen molar-refractivity contribution in [2.45, 2.75) is 32.2 Å². The Kier molecular flexibility index (Phi) is 7.38. The van der Waals surface area contributed by atoms with E-state index in [0.29, 0.717) is 36.3 Å². The number of hydrogen-bond donors (Lipinski definition) is 2. The third kappa shape index (κ3) is 5.70. The van der Waals surface area contributed by atoms with Crippen LogP contribution in [-0.4, -0.2) is 41.8 Å². The molecule has 0 bridgehead atoms. The molecule has 4 rings (SSSR count). The first-order chi connectivity index (χ1) is 16.5. The summed E-state index contributed by atoms with van der Waals surface area (Å²) >= 11 is 0. The van der Waals surface area contributed by atoms with Crippen molar-refractivity contribution in [3.05, 3.63) is 101 Å². The normalized spacial score (nSPS) is 15.1. The summed E-state index contributed by atoms with van der Waals surface area (Å²) in [6.07, 6.45) is 2.18. The van der Waals surface area contributed by atoms with E-state index in [1.807, 2.05) is 55.5 Å². The molecule has 1 unspecified atom stereocenters. The zero-order valence-corrected chi connectivity index (χ0v) is 19.3. The molecule has 1 aliphatic rings. The number of benzene rings is 3. The van der Waals surface area contributed by atoms with Crippen LogP contribution in [0.2, 0.25) is 0 Å². The zero-order chi connectivity index (χ0) is 23.9. The number of amides is 3. The molecular formula is C28H29N3O3. The van der Waals surface area contributed by atoms with Gasteiger partial charge >= 0.3 is 0 Å². The van der Waals surface area contributed by atoms with Crippen LogP contribution in [0.1, 0.15) is 44.7 Å². The van der Waals surface area contributed by atoms with Gasteiger partial charge in [0.2, 0.25) is 5.91 Å². The van der Waals surface area contributed by atoms with E-state index >= 15 is 0 Å². The van der Waals surface area contributed by atoms with Crippen LogP contribution in [0.5, 0.6) is 0 Å². The number of likely N-dealkylation sites (tertiary alicyclic amines) is 1. The lowest BCUT2D eigenvalue weighted by molar-refractivity contribution is -0.124. The van der Waals surface area contributed by atoms with E-state index < -0.39 is 6.04 Å². The maximum Gasteiger partial charge on any atom is 0.255 e. The molecule has 6 nitrogen and oxygen atoms in total. The molecule has 3 aromatic carbocycles. The van der Waals surface area contributed by atoms with Gasteiger partial charge < -0.3 is 15.5 Å². The van der Waals surface area contributed by atoms with E-state index in [9.17, 15) is 14.4 Å². The SMILES string of the molecule is Cc1cccc(C(=O)Nc2cccc(C(=O)N3CCCC3C(=O)NCCc3ccccc3)c2)c1. The second-order valence-electron chi connectivity index (χ2n) is 8.59. The van der Waals surface area contributed by atoms with Gasteiger partial charge in [-0.15, -0.1) is 0 Å². The third-order valence-electron chi connectivity index (χ3n) is 6.02. The molecule has 0 spiro atoms. The van der Waals surface area contributed by atoms with Crippen LogP contribution in [0, 0.1) is 6.92 Å². The van der Waals surface area contributed by atoms with Gasteiger partial charge in [0.05, 0.1) is 0 Å². The predicted molar refractivity (Wildman–Crippen MR) is 133 cm³/mol. The Morgan fingerprint density at radius 1 is 0.912 bits per heavy atom. The van der Waals surface area contributed by atoms with E-state index in [2.05, 4.69) is 10.6 Å². The fourth-order valence-corrected chi connectivity index (χ4v) is 4.26.